The van der Waals surface area contributed by atoms with Crippen molar-refractivity contribution in [3.63, 3.8) is 0 Å². The molecule has 3 aromatic rings. The van der Waals surface area contributed by atoms with Crippen molar-refractivity contribution in [3.05, 3.63) is 89.8 Å². The SMILES string of the molecule is Cc1cc(C2(c3cccc(-c4cncnc4)c3)C=C(N)N(C)C2=O)ccc1OC(F)F. The van der Waals surface area contributed by atoms with Crippen molar-refractivity contribution in [2.24, 2.45) is 5.73 Å². The topological polar surface area (TPSA) is 81.3 Å². The molecule has 158 valence electrons. The van der Waals surface area contributed by atoms with Crippen molar-refractivity contribution in [2.75, 3.05) is 7.05 Å². The van der Waals surface area contributed by atoms with Crippen LogP contribution in [0.5, 0.6) is 5.75 Å². The summed E-state index contributed by atoms with van der Waals surface area (Å²) < 4.78 is 30.0. The molecule has 1 aliphatic heterocycles. The first kappa shape index (κ1) is 20.5. The van der Waals surface area contributed by atoms with E-state index in [0.717, 1.165) is 11.1 Å². The fourth-order valence-electron chi connectivity index (χ4n) is 3.86. The van der Waals surface area contributed by atoms with Crippen LogP contribution < -0.4 is 10.5 Å². The molecule has 2 heterocycles. The van der Waals surface area contributed by atoms with E-state index < -0.39 is 12.0 Å². The number of carbonyl (C=O) groups excluding carboxylic acids is 1. The molecule has 1 aromatic heterocycles. The molecule has 0 saturated carbocycles. The fraction of sp³-hybridized carbons (Fsp3) is 0.174. The summed E-state index contributed by atoms with van der Waals surface area (Å²) in [6.45, 7) is -1.28. The minimum atomic E-state index is -2.93. The Labute approximate surface area is 178 Å². The lowest BCUT2D eigenvalue weighted by Crippen LogP contribution is -2.39. The standard InChI is InChI=1S/C23H20F2N4O2/c1-14-8-18(6-7-19(14)31-22(24)25)23(10-20(26)29(2)21(23)30)17-5-3-4-15(9-17)16-11-27-13-28-12-16/h3-13,22H,26H2,1-2H3. The summed E-state index contributed by atoms with van der Waals surface area (Å²) in [4.78, 5) is 23.0. The highest BCUT2D eigenvalue weighted by Gasteiger charge is 2.47. The van der Waals surface area contributed by atoms with Crippen LogP contribution in [-0.2, 0) is 10.2 Å². The Kier molecular flexibility index (Phi) is 5.14. The van der Waals surface area contributed by atoms with Gasteiger partial charge in [-0.05, 0) is 47.4 Å². The van der Waals surface area contributed by atoms with Gasteiger partial charge in [-0.2, -0.15) is 8.78 Å². The van der Waals surface area contributed by atoms with Gasteiger partial charge in [0, 0.05) is 25.0 Å². The van der Waals surface area contributed by atoms with E-state index in [1.165, 1.54) is 17.3 Å². The lowest BCUT2D eigenvalue weighted by molar-refractivity contribution is -0.129. The summed E-state index contributed by atoms with van der Waals surface area (Å²) in [6, 6.07) is 12.2. The predicted octanol–water partition coefficient (Wildman–Crippen LogP) is 3.61. The molecule has 1 unspecified atom stereocenters. The van der Waals surface area contributed by atoms with Crippen molar-refractivity contribution >= 4 is 5.91 Å². The summed E-state index contributed by atoms with van der Waals surface area (Å²) >= 11 is 0. The van der Waals surface area contributed by atoms with E-state index in [1.807, 2.05) is 24.3 Å². The number of hydrogen-bond acceptors (Lipinski definition) is 5. The van der Waals surface area contributed by atoms with E-state index in [4.69, 9.17) is 5.73 Å². The number of hydrogen-bond donors (Lipinski definition) is 1. The molecule has 0 fully saturated rings. The first-order valence-corrected chi connectivity index (χ1v) is 9.51. The van der Waals surface area contributed by atoms with Crippen molar-refractivity contribution in [2.45, 2.75) is 19.0 Å². The Bertz CT molecular complexity index is 1170. The zero-order valence-electron chi connectivity index (χ0n) is 16.9. The maximum Gasteiger partial charge on any atom is 0.387 e. The zero-order valence-corrected chi connectivity index (χ0v) is 16.9. The maximum absolute atomic E-state index is 13.5. The van der Waals surface area contributed by atoms with E-state index in [1.54, 1.807) is 44.6 Å². The highest BCUT2D eigenvalue weighted by atomic mass is 19.3. The zero-order chi connectivity index (χ0) is 22.2. The van der Waals surface area contributed by atoms with Crippen LogP contribution in [0.2, 0.25) is 0 Å². The number of amides is 1. The second-order valence-electron chi connectivity index (χ2n) is 7.31. The maximum atomic E-state index is 13.5. The molecule has 2 aromatic carbocycles. The van der Waals surface area contributed by atoms with Crippen LogP contribution in [0.4, 0.5) is 8.78 Å². The molecule has 31 heavy (non-hydrogen) atoms. The van der Waals surface area contributed by atoms with Gasteiger partial charge in [0.2, 0.25) is 5.91 Å². The van der Waals surface area contributed by atoms with Crippen LogP contribution in [0, 0.1) is 6.92 Å². The van der Waals surface area contributed by atoms with Gasteiger partial charge in [-0.1, -0.05) is 30.3 Å². The summed E-state index contributed by atoms with van der Waals surface area (Å²) in [6.07, 6.45) is 6.51. The van der Waals surface area contributed by atoms with Gasteiger partial charge < -0.3 is 15.4 Å². The summed E-state index contributed by atoms with van der Waals surface area (Å²) in [5.41, 5.74) is 8.32. The van der Waals surface area contributed by atoms with Gasteiger partial charge in [0.25, 0.3) is 0 Å². The summed E-state index contributed by atoms with van der Waals surface area (Å²) in [5, 5.41) is 0. The van der Waals surface area contributed by atoms with Crippen LogP contribution in [-0.4, -0.2) is 34.4 Å². The van der Waals surface area contributed by atoms with Crippen LogP contribution in [0.15, 0.2) is 73.1 Å². The van der Waals surface area contributed by atoms with Crippen LogP contribution >= 0.6 is 0 Å². The quantitative estimate of drug-likeness (QED) is 0.679. The van der Waals surface area contributed by atoms with Crippen molar-refractivity contribution in [1.82, 2.24) is 14.9 Å². The predicted molar refractivity (Wildman–Crippen MR) is 111 cm³/mol. The molecule has 0 saturated heterocycles. The molecule has 0 radical (unpaired) electrons. The van der Waals surface area contributed by atoms with Gasteiger partial charge in [0.1, 0.15) is 23.3 Å². The number of aryl methyl sites for hydroxylation is 1. The highest BCUT2D eigenvalue weighted by molar-refractivity contribution is 5.98. The molecule has 6 nitrogen and oxygen atoms in total. The van der Waals surface area contributed by atoms with Crippen molar-refractivity contribution < 1.29 is 18.3 Å². The lowest BCUT2D eigenvalue weighted by atomic mass is 9.73. The molecule has 0 spiro atoms. The third kappa shape index (κ3) is 3.50. The smallest absolute Gasteiger partial charge is 0.387 e. The Hall–Kier alpha value is -3.81. The first-order valence-electron chi connectivity index (χ1n) is 9.51. The van der Waals surface area contributed by atoms with Crippen molar-refractivity contribution in [3.8, 4) is 16.9 Å². The number of rotatable bonds is 5. The second kappa shape index (κ2) is 7.79. The Morgan fingerprint density at radius 3 is 2.39 bits per heavy atom. The van der Waals surface area contributed by atoms with Gasteiger partial charge in [-0.15, -0.1) is 0 Å². The van der Waals surface area contributed by atoms with E-state index >= 15 is 0 Å². The number of halogens is 2. The number of aromatic nitrogens is 2. The molecule has 1 amide bonds. The van der Waals surface area contributed by atoms with Crippen LogP contribution in [0.1, 0.15) is 16.7 Å². The number of nitrogens with two attached hydrogens (primary N) is 1. The van der Waals surface area contributed by atoms with Gasteiger partial charge in [-0.25, -0.2) is 9.97 Å². The molecular weight excluding hydrogens is 402 g/mol. The third-order valence-corrected chi connectivity index (χ3v) is 5.45. The Morgan fingerprint density at radius 2 is 1.77 bits per heavy atom. The van der Waals surface area contributed by atoms with E-state index in [9.17, 15) is 13.6 Å². The lowest BCUT2D eigenvalue weighted by Gasteiger charge is -2.29. The number of alkyl halides is 2. The number of carbonyl (C=O) groups is 1. The fourth-order valence-corrected chi connectivity index (χ4v) is 3.86. The van der Waals surface area contributed by atoms with Gasteiger partial charge in [0.15, 0.2) is 0 Å². The molecule has 4 rings (SSSR count). The molecule has 1 atom stereocenters. The summed E-state index contributed by atoms with van der Waals surface area (Å²) in [7, 11) is 1.60. The average molecular weight is 422 g/mol. The highest BCUT2D eigenvalue weighted by Crippen LogP contribution is 2.43. The van der Waals surface area contributed by atoms with Crippen LogP contribution in [0.25, 0.3) is 11.1 Å². The minimum Gasteiger partial charge on any atom is -0.435 e. The largest absolute Gasteiger partial charge is 0.435 e. The molecule has 0 bridgehead atoms. The normalized spacial score (nSPS) is 18.4. The van der Waals surface area contributed by atoms with E-state index in [0.29, 0.717) is 22.5 Å². The van der Waals surface area contributed by atoms with Crippen LogP contribution in [0.3, 0.4) is 0 Å². The number of benzene rings is 2. The number of ether oxygens (including phenoxy) is 1. The first-order chi connectivity index (χ1) is 14.8. The Morgan fingerprint density at radius 1 is 1.06 bits per heavy atom. The van der Waals surface area contributed by atoms with Gasteiger partial charge >= 0.3 is 6.61 Å². The molecule has 1 aliphatic rings. The molecule has 8 heteroatoms. The average Bonchev–Trinajstić information content (AvgIpc) is 3.00. The number of likely N-dealkylation sites (N-methyl/N-ethyl adjacent to an activating group) is 1. The minimum absolute atomic E-state index is 0.0554. The second-order valence-corrected chi connectivity index (χ2v) is 7.31. The molecule has 2 N–H and O–H groups in total. The Balaban J connectivity index is 1.90. The third-order valence-electron chi connectivity index (χ3n) is 5.45. The van der Waals surface area contributed by atoms with Gasteiger partial charge in [0.05, 0.1) is 0 Å². The summed E-state index contributed by atoms with van der Waals surface area (Å²) in [5.74, 6) is 0.122. The van der Waals surface area contributed by atoms with Gasteiger partial charge in [-0.3, -0.25) is 4.79 Å². The number of nitrogens with zero attached hydrogens (tertiary/aromatic N) is 3. The monoisotopic (exact) mass is 422 g/mol. The molecule has 0 aliphatic carbocycles. The van der Waals surface area contributed by atoms with Crippen molar-refractivity contribution in [1.29, 1.82) is 0 Å². The molecular formula is C23H20F2N4O2. The van der Waals surface area contributed by atoms with E-state index in [-0.39, 0.29) is 11.7 Å². The van der Waals surface area contributed by atoms with E-state index in [2.05, 4.69) is 14.7 Å².